The van der Waals surface area contributed by atoms with Gasteiger partial charge in [0.15, 0.2) is 18.7 Å². The summed E-state index contributed by atoms with van der Waals surface area (Å²) in [4.78, 5) is 132. The Balaban J connectivity index is 1.23. The minimum Gasteiger partial charge on any atom is -0.441 e. The standard InChI is InChI=1S/C58H88B3N15O19/c1-24(2)29(52(86)69-14-11-37-59-18-31(72-37)48-60-19-32(73-48)53(87)68-13-8-12-61(6)7)17-34(79)25(3)15-26(4)71-55(89)40(75-54(88)39-27(5)49(64)76-51(74-39)28(16-38(63)80)9-10-30(62)50(65)85)45(33-20-67-23-70-33)93-57-47(43(83)41(81)35(21-77)92-57)94-56-44(84)46(95-58(66)90)42(82)36(22-78)91-56/h18-20,23-26,28-30,35-36,40-47,56-57,77-78,81-84H,8-17,21-22,62H2,1-7H3,(H2,63,80)(H2,65,85)(H2,66,90)(H,67,70)(H,68,87)(H,69,86)(H,71,89)(H,75,88)(H2,64,74,76)/t25-,26+,28-,29-,30-,35?,36?,40-,41?,42?,43?,44?,45-,46?,47?,56?,57?/m0/s1. The number of aromatic amines is 1. The minimum atomic E-state index is -2.13. The molecule has 0 saturated carbocycles. The molecule has 0 aromatic carbocycles. The van der Waals surface area contributed by atoms with Crippen LogP contribution in [0.2, 0.25) is 20.0 Å². The maximum absolute atomic E-state index is 15.2. The molecule has 17 atom stereocenters. The van der Waals surface area contributed by atoms with E-state index in [0.29, 0.717) is 36.6 Å². The van der Waals surface area contributed by atoms with Crippen molar-refractivity contribution in [2.24, 2.45) is 50.7 Å². The van der Waals surface area contributed by atoms with Gasteiger partial charge in [0.05, 0.1) is 43.2 Å². The van der Waals surface area contributed by atoms with Crippen LogP contribution in [0.1, 0.15) is 112 Å². The summed E-state index contributed by atoms with van der Waals surface area (Å²) in [6.45, 7) is 11.7. The Hall–Kier alpha value is -7.58. The Labute approximate surface area is 550 Å². The third-order valence-electron chi connectivity index (χ3n) is 16.6. The third kappa shape index (κ3) is 21.0. The lowest BCUT2D eigenvalue weighted by Gasteiger charge is -2.47. The first-order chi connectivity index (χ1) is 44.9. The fourth-order valence-electron chi connectivity index (χ4n) is 11.0. The van der Waals surface area contributed by atoms with Crippen LogP contribution in [0.3, 0.4) is 0 Å². The topological polar surface area (TPSA) is 561 Å². The number of anilines is 1. The highest BCUT2D eigenvalue weighted by molar-refractivity contribution is 6.87. The number of allylic oxidation sites excluding steroid dienone is 1. The number of hydrogen-bond acceptors (Lipinski definition) is 26. The molecule has 34 nitrogen and oxygen atoms in total. The number of carbonyl (C=O) groups excluding carboxylic acids is 8. The Morgan fingerprint density at radius 3 is 2.13 bits per heavy atom. The smallest absolute Gasteiger partial charge is 0.404 e. The molecule has 2 saturated heterocycles. The molecule has 2 radical (unpaired) electrons. The molecule has 518 valence electrons. The van der Waals surface area contributed by atoms with Crippen molar-refractivity contribution in [3.8, 4) is 0 Å². The molecule has 6 heterocycles. The van der Waals surface area contributed by atoms with Crippen molar-refractivity contribution >= 4 is 85.6 Å². The lowest BCUT2D eigenvalue weighted by molar-refractivity contribution is -0.372. The van der Waals surface area contributed by atoms with Crippen LogP contribution < -0.4 is 49.9 Å². The van der Waals surface area contributed by atoms with E-state index in [2.05, 4.69) is 64.8 Å². The molecule has 0 aliphatic carbocycles. The molecular weight excluding hydrogens is 1240 g/mol. The number of carbonyl (C=O) groups is 8. The fraction of sp³-hybridized carbons (Fsp3) is 0.638. The van der Waals surface area contributed by atoms with Crippen LogP contribution in [-0.2, 0) is 52.5 Å². The zero-order valence-corrected chi connectivity index (χ0v) is 54.0. The maximum atomic E-state index is 15.2. The zero-order chi connectivity index (χ0) is 70.1. The fourth-order valence-corrected chi connectivity index (χ4v) is 11.0. The number of ketones is 1. The Morgan fingerprint density at radius 2 is 1.49 bits per heavy atom. The normalized spacial score (nSPS) is 24.7. The van der Waals surface area contributed by atoms with E-state index in [1.807, 2.05) is 0 Å². The van der Waals surface area contributed by atoms with Crippen molar-refractivity contribution in [1.29, 1.82) is 0 Å². The predicted octanol–water partition coefficient (Wildman–Crippen LogP) is -4.33. The molecule has 2 aromatic heterocycles. The second kappa shape index (κ2) is 35.4. The Morgan fingerprint density at radius 1 is 0.800 bits per heavy atom. The van der Waals surface area contributed by atoms with E-state index < -0.39 is 158 Å². The number of aliphatic hydroxyl groups excluding tert-OH is 6. The van der Waals surface area contributed by atoms with Gasteiger partial charge < -0.3 is 109 Å². The molecule has 7 amide bonds. The molecule has 4 aliphatic rings. The maximum Gasteiger partial charge on any atom is 0.404 e. The molecule has 21 N–H and O–H groups in total. The van der Waals surface area contributed by atoms with Crippen LogP contribution in [0.4, 0.5) is 10.6 Å². The first kappa shape index (κ1) is 76.4. The molecule has 0 bridgehead atoms. The van der Waals surface area contributed by atoms with Crippen LogP contribution in [-0.4, -0.2) is 236 Å². The number of aliphatic hydroxyl groups is 6. The van der Waals surface area contributed by atoms with Crippen LogP contribution in [0.25, 0.3) is 0 Å². The number of rotatable bonds is 36. The summed E-state index contributed by atoms with van der Waals surface area (Å²) in [5, 5.41) is 76.7. The van der Waals surface area contributed by atoms with Crippen molar-refractivity contribution in [2.45, 2.75) is 191 Å². The van der Waals surface area contributed by atoms with Crippen molar-refractivity contribution in [2.75, 3.05) is 32.0 Å². The highest BCUT2D eigenvalue weighted by Gasteiger charge is 2.54. The summed E-state index contributed by atoms with van der Waals surface area (Å²) < 4.78 is 29.0. The zero-order valence-electron chi connectivity index (χ0n) is 54.0. The van der Waals surface area contributed by atoms with Crippen LogP contribution in [0, 0.1) is 24.7 Å². The molecule has 4 aliphatic heterocycles. The summed E-state index contributed by atoms with van der Waals surface area (Å²) in [6.07, 6.45) is -19.0. The molecule has 2 aromatic rings. The third-order valence-corrected chi connectivity index (χ3v) is 16.6. The Kier molecular flexibility index (Phi) is 28.5. The monoisotopic (exact) mass is 1330 g/mol. The molecule has 95 heavy (non-hydrogen) atoms. The van der Waals surface area contributed by atoms with Gasteiger partial charge in [-0.25, -0.2) is 19.7 Å². The van der Waals surface area contributed by atoms with Crippen molar-refractivity contribution in [1.82, 2.24) is 41.2 Å². The van der Waals surface area contributed by atoms with Crippen LogP contribution >= 0.6 is 0 Å². The van der Waals surface area contributed by atoms with Gasteiger partial charge in [0, 0.05) is 60.9 Å². The van der Waals surface area contributed by atoms with E-state index in [1.54, 1.807) is 54.2 Å². The average Bonchev–Trinajstić information content (AvgIpc) is 0.973. The van der Waals surface area contributed by atoms with E-state index in [-0.39, 0.29) is 84.3 Å². The number of nitrogens with zero attached hydrogens (tertiary/aromatic N) is 5. The van der Waals surface area contributed by atoms with Crippen LogP contribution in [0.5, 0.6) is 0 Å². The van der Waals surface area contributed by atoms with Gasteiger partial charge in [0.1, 0.15) is 90.4 Å². The lowest BCUT2D eigenvalue weighted by Crippen LogP contribution is -2.65. The van der Waals surface area contributed by atoms with E-state index in [0.717, 1.165) is 12.7 Å². The SMILES string of the molecule is CB(C)CCCNC(=O)C1=C[B]C(C2=C[B]C(CCNC(=O)[C@@H](CC(=O)[C@@H](C)C[C@@H](C)NC(=O)[C@@H](NC(=O)c3nc([C@@H](CC[C@H](N)C(N)=O)CC(N)=O)nc(N)c3C)[C@@H](OC3OC(CO)C(O)C(O)C3OC3OC(CO)C(O)C(OC(N)=O)C3O)c3cnc[nH]3)C(C)C)=N2)=N1. The van der Waals surface area contributed by atoms with Gasteiger partial charge in [-0.3, -0.25) is 43.5 Å². The van der Waals surface area contributed by atoms with Gasteiger partial charge in [-0.15, -0.1) is 0 Å². The number of nitrogens with two attached hydrogens (primary N) is 5. The molecular formula is C58H88B3N15O19. The van der Waals surface area contributed by atoms with E-state index >= 15 is 4.79 Å². The number of primary amides is 3. The average molecular weight is 1330 g/mol. The number of imidazole rings is 1. The summed E-state index contributed by atoms with van der Waals surface area (Å²) in [6, 6.07) is -4.06. The number of ether oxygens (including phenoxy) is 5. The number of aliphatic imine (C=N–C) groups is 2. The van der Waals surface area contributed by atoms with Gasteiger partial charge in [0.25, 0.3) is 11.8 Å². The number of hydrogen-bond donors (Lipinski definition) is 16. The second-order valence-electron chi connectivity index (χ2n) is 24.8. The minimum absolute atomic E-state index is 0.0293. The lowest BCUT2D eigenvalue weighted by atomic mass is 9.51. The number of Topliss-reactive ketones (excluding diaryl/α,β-unsaturated/α-hetero) is 1. The first-order valence-electron chi connectivity index (χ1n) is 31.4. The van der Waals surface area contributed by atoms with E-state index in [4.69, 9.17) is 52.4 Å². The van der Waals surface area contributed by atoms with Gasteiger partial charge in [-0.05, 0) is 57.5 Å². The quantitative estimate of drug-likeness (QED) is 0.0227. The molecule has 0 spiro atoms. The number of amides is 7. The number of nitrogens with one attached hydrogen (secondary N) is 5. The number of nitrogen functional groups attached to an aromatic ring is 1. The van der Waals surface area contributed by atoms with Crippen molar-refractivity contribution in [3.05, 3.63) is 58.6 Å². The highest BCUT2D eigenvalue weighted by Crippen LogP contribution is 2.35. The summed E-state index contributed by atoms with van der Waals surface area (Å²) in [5.41, 5.74) is 29.9. The number of H-pyrrole nitrogens is 1. The molecule has 37 heteroatoms. The Bertz CT molecular complexity index is 3160. The summed E-state index contributed by atoms with van der Waals surface area (Å²) in [5.74, 6) is -4.68. The van der Waals surface area contributed by atoms with Crippen molar-refractivity contribution < 1.29 is 92.7 Å². The predicted molar refractivity (Wildman–Crippen MR) is 342 cm³/mol. The van der Waals surface area contributed by atoms with Gasteiger partial charge >= 0.3 is 6.09 Å². The highest BCUT2D eigenvalue weighted by atomic mass is 16.8. The first-order valence-corrected chi connectivity index (χ1v) is 31.4. The van der Waals surface area contributed by atoms with E-state index in [1.165, 1.54) is 19.4 Å². The number of aromatic nitrogens is 4. The largest absolute Gasteiger partial charge is 0.441 e. The summed E-state index contributed by atoms with van der Waals surface area (Å²) >= 11 is 0. The van der Waals surface area contributed by atoms with Gasteiger partial charge in [-0.2, -0.15) is 0 Å². The van der Waals surface area contributed by atoms with Crippen molar-refractivity contribution in [3.63, 3.8) is 0 Å². The second-order valence-corrected chi connectivity index (χ2v) is 24.8. The van der Waals surface area contributed by atoms with Gasteiger partial charge in [-0.1, -0.05) is 52.7 Å². The van der Waals surface area contributed by atoms with E-state index in [9.17, 15) is 64.2 Å². The molecule has 6 rings (SSSR count). The summed E-state index contributed by atoms with van der Waals surface area (Å²) in [7, 11) is 3.51. The van der Waals surface area contributed by atoms with Gasteiger partial charge in [0.2, 0.25) is 38.2 Å². The molecule has 2 fully saturated rings. The van der Waals surface area contributed by atoms with Crippen LogP contribution in [0.15, 0.2) is 45.9 Å². The molecule has 10 unspecified atom stereocenters.